The Bertz CT molecular complexity index is 999. The number of nitrogens with zero attached hydrogens (tertiary/aromatic N) is 2. The average Bonchev–Trinajstić information content (AvgIpc) is 3.16. The molecule has 0 saturated carbocycles. The third kappa shape index (κ3) is 4.53. The molecule has 1 amide bonds. The molecule has 1 unspecified atom stereocenters. The number of thiophene rings is 1. The lowest BCUT2D eigenvalue weighted by atomic mass is 9.86. The van der Waals surface area contributed by atoms with Crippen LogP contribution < -0.4 is 10.6 Å². The number of ether oxygens (including phenoxy) is 1. The van der Waals surface area contributed by atoms with Gasteiger partial charge in [0.1, 0.15) is 10.7 Å². The van der Waals surface area contributed by atoms with Crippen LogP contribution in [0.3, 0.4) is 0 Å². The molecule has 1 atom stereocenters. The van der Waals surface area contributed by atoms with E-state index >= 15 is 0 Å². The van der Waals surface area contributed by atoms with E-state index in [2.05, 4.69) is 22.7 Å². The van der Waals surface area contributed by atoms with Gasteiger partial charge in [-0.2, -0.15) is 5.10 Å². The van der Waals surface area contributed by atoms with Gasteiger partial charge in [-0.3, -0.25) is 14.8 Å². The molecular weight excluding hydrogens is 444 g/mol. The molecule has 0 saturated heterocycles. The number of thiocarbonyl (C=S) groups is 1. The molecule has 2 heterocycles. The summed E-state index contributed by atoms with van der Waals surface area (Å²) in [4.78, 5) is 26.5. The summed E-state index contributed by atoms with van der Waals surface area (Å²) in [5, 5.41) is 10.8. The summed E-state index contributed by atoms with van der Waals surface area (Å²) in [5.41, 5.74) is 2.34. The number of carbonyl (C=O) groups excluding carboxylic acids is 2. The van der Waals surface area contributed by atoms with Crippen LogP contribution >= 0.6 is 35.2 Å². The van der Waals surface area contributed by atoms with Crippen LogP contribution in [0.2, 0.25) is 5.02 Å². The summed E-state index contributed by atoms with van der Waals surface area (Å²) in [7, 11) is 1.64. The minimum atomic E-state index is -0.467. The van der Waals surface area contributed by atoms with Crippen LogP contribution in [0.25, 0.3) is 0 Å². The van der Waals surface area contributed by atoms with Crippen LogP contribution in [0.5, 0.6) is 0 Å². The van der Waals surface area contributed by atoms with Crippen molar-refractivity contribution in [3.05, 3.63) is 32.4 Å². The zero-order valence-corrected chi connectivity index (χ0v) is 19.8. The van der Waals surface area contributed by atoms with Crippen LogP contribution in [0, 0.1) is 12.8 Å². The third-order valence-electron chi connectivity index (χ3n) is 5.24. The molecule has 7 nitrogen and oxygen atoms in total. The van der Waals surface area contributed by atoms with Gasteiger partial charge < -0.3 is 10.1 Å². The number of esters is 1. The molecule has 0 aliphatic heterocycles. The fraction of sp³-hybridized carbons (Fsp3) is 0.500. The maximum absolute atomic E-state index is 12.7. The zero-order valence-electron chi connectivity index (χ0n) is 17.4. The number of amides is 1. The molecule has 1 aliphatic carbocycles. The number of anilines is 1. The highest BCUT2D eigenvalue weighted by Crippen LogP contribution is 2.40. The molecule has 2 aromatic heterocycles. The molecule has 0 bridgehead atoms. The second-order valence-corrected chi connectivity index (χ2v) is 9.12. The highest BCUT2D eigenvalue weighted by molar-refractivity contribution is 7.80. The van der Waals surface area contributed by atoms with E-state index in [0.717, 1.165) is 31.2 Å². The minimum Gasteiger partial charge on any atom is -0.462 e. The van der Waals surface area contributed by atoms with Gasteiger partial charge in [0.15, 0.2) is 5.11 Å². The summed E-state index contributed by atoms with van der Waals surface area (Å²) in [6.07, 6.45) is 3.93. The quantitative estimate of drug-likeness (QED) is 0.503. The van der Waals surface area contributed by atoms with Crippen molar-refractivity contribution in [1.82, 2.24) is 15.1 Å². The van der Waals surface area contributed by atoms with Crippen molar-refractivity contribution in [1.29, 1.82) is 0 Å². The first-order chi connectivity index (χ1) is 14.3. The highest BCUT2D eigenvalue weighted by Gasteiger charge is 2.30. The Kier molecular flexibility index (Phi) is 7.15. The predicted octanol–water partition coefficient (Wildman–Crippen LogP) is 4.26. The lowest BCUT2D eigenvalue weighted by Crippen LogP contribution is -2.35. The summed E-state index contributed by atoms with van der Waals surface area (Å²) in [6, 6.07) is 0. The summed E-state index contributed by atoms with van der Waals surface area (Å²) < 4.78 is 6.69. The van der Waals surface area contributed by atoms with E-state index in [0.29, 0.717) is 28.8 Å². The van der Waals surface area contributed by atoms with Crippen LogP contribution in [0.4, 0.5) is 5.00 Å². The standard InChI is InChI=1S/C20H25ClN4O3S2/c1-5-11-7-8-12-13(9-11)30-18(14(12)19(27)28-6-2)23-20(29)22-17(26)16-15(21)10(3)24-25(16)4/h11H,5-9H2,1-4H3,(H2,22,23,26,29). The van der Waals surface area contributed by atoms with E-state index < -0.39 is 5.91 Å². The number of halogens is 1. The van der Waals surface area contributed by atoms with Crippen molar-refractivity contribution in [2.45, 2.75) is 46.5 Å². The number of aryl methyl sites for hydroxylation is 2. The van der Waals surface area contributed by atoms with E-state index in [4.69, 9.17) is 28.6 Å². The molecule has 30 heavy (non-hydrogen) atoms. The number of hydrogen-bond donors (Lipinski definition) is 2. The van der Waals surface area contributed by atoms with Gasteiger partial charge in [0.25, 0.3) is 5.91 Å². The normalized spacial score (nSPS) is 15.4. The lowest BCUT2D eigenvalue weighted by Gasteiger charge is -2.21. The Morgan fingerprint density at radius 2 is 2.13 bits per heavy atom. The zero-order chi connectivity index (χ0) is 22.0. The Morgan fingerprint density at radius 3 is 2.73 bits per heavy atom. The van der Waals surface area contributed by atoms with E-state index in [1.165, 1.54) is 20.9 Å². The highest BCUT2D eigenvalue weighted by atomic mass is 35.5. The van der Waals surface area contributed by atoms with Gasteiger partial charge in [-0.1, -0.05) is 24.9 Å². The Morgan fingerprint density at radius 1 is 1.40 bits per heavy atom. The van der Waals surface area contributed by atoms with Gasteiger partial charge in [0.2, 0.25) is 0 Å². The van der Waals surface area contributed by atoms with Crippen molar-refractivity contribution >= 4 is 57.1 Å². The number of fused-ring (bicyclic) bond motifs is 1. The Hall–Kier alpha value is -1.97. The largest absolute Gasteiger partial charge is 0.462 e. The maximum Gasteiger partial charge on any atom is 0.341 e. The number of rotatable bonds is 5. The summed E-state index contributed by atoms with van der Waals surface area (Å²) in [6.45, 7) is 5.98. The summed E-state index contributed by atoms with van der Waals surface area (Å²) in [5.74, 6) is -0.224. The first-order valence-corrected chi connectivity index (χ1v) is 11.5. The maximum atomic E-state index is 12.7. The predicted molar refractivity (Wildman–Crippen MR) is 123 cm³/mol. The molecule has 10 heteroatoms. The number of hydrogen-bond acceptors (Lipinski definition) is 6. The lowest BCUT2D eigenvalue weighted by molar-refractivity contribution is 0.0526. The molecule has 2 N–H and O–H groups in total. The third-order valence-corrected chi connectivity index (χ3v) is 7.07. The molecule has 3 rings (SSSR count). The van der Waals surface area contributed by atoms with Crippen molar-refractivity contribution in [3.63, 3.8) is 0 Å². The minimum absolute atomic E-state index is 0.0890. The number of nitrogens with one attached hydrogen (secondary N) is 2. The molecule has 0 aromatic carbocycles. The van der Waals surface area contributed by atoms with E-state index in [-0.39, 0.29) is 21.8 Å². The van der Waals surface area contributed by atoms with Gasteiger partial charge in [-0.15, -0.1) is 11.3 Å². The topological polar surface area (TPSA) is 85.2 Å². The van der Waals surface area contributed by atoms with Crippen molar-refractivity contribution in [2.24, 2.45) is 13.0 Å². The molecule has 0 fully saturated rings. The fourth-order valence-electron chi connectivity index (χ4n) is 3.69. The molecule has 0 spiro atoms. The average molecular weight is 469 g/mol. The van der Waals surface area contributed by atoms with Crippen LogP contribution in [-0.2, 0) is 24.6 Å². The molecular formula is C20H25ClN4O3S2. The van der Waals surface area contributed by atoms with Crippen LogP contribution in [0.1, 0.15) is 63.7 Å². The van der Waals surface area contributed by atoms with Gasteiger partial charge in [-0.05, 0) is 56.8 Å². The van der Waals surface area contributed by atoms with Gasteiger partial charge in [0.05, 0.1) is 22.9 Å². The van der Waals surface area contributed by atoms with E-state index in [9.17, 15) is 9.59 Å². The number of carbonyl (C=O) groups is 2. The van der Waals surface area contributed by atoms with Crippen LogP contribution in [-0.4, -0.2) is 33.4 Å². The van der Waals surface area contributed by atoms with Crippen molar-refractivity contribution < 1.29 is 14.3 Å². The number of aromatic nitrogens is 2. The molecule has 2 aromatic rings. The van der Waals surface area contributed by atoms with Crippen molar-refractivity contribution in [3.8, 4) is 0 Å². The Balaban J connectivity index is 1.83. The Labute approximate surface area is 190 Å². The van der Waals surface area contributed by atoms with Gasteiger partial charge >= 0.3 is 5.97 Å². The van der Waals surface area contributed by atoms with E-state index in [1.807, 2.05) is 0 Å². The van der Waals surface area contributed by atoms with Gasteiger partial charge in [0, 0.05) is 11.9 Å². The van der Waals surface area contributed by atoms with E-state index in [1.54, 1.807) is 20.9 Å². The second-order valence-electron chi connectivity index (χ2n) is 7.23. The summed E-state index contributed by atoms with van der Waals surface area (Å²) >= 11 is 13.0. The first-order valence-electron chi connectivity index (χ1n) is 9.89. The van der Waals surface area contributed by atoms with Gasteiger partial charge in [-0.25, -0.2) is 4.79 Å². The molecule has 1 aliphatic rings. The first kappa shape index (κ1) is 22.7. The second kappa shape index (κ2) is 9.45. The smallest absolute Gasteiger partial charge is 0.341 e. The van der Waals surface area contributed by atoms with Crippen LogP contribution in [0.15, 0.2) is 0 Å². The molecule has 0 radical (unpaired) electrons. The SMILES string of the molecule is CCOC(=O)c1c(NC(=S)NC(=O)c2c(Cl)c(C)nn2C)sc2c1CCC(CC)C2. The van der Waals surface area contributed by atoms with Crippen molar-refractivity contribution in [2.75, 3.05) is 11.9 Å². The monoisotopic (exact) mass is 468 g/mol. The fourth-order valence-corrected chi connectivity index (χ4v) is 5.55. The molecule has 162 valence electrons.